The summed E-state index contributed by atoms with van der Waals surface area (Å²) in [7, 11) is 0. The second kappa shape index (κ2) is 6.13. The molecule has 27 heavy (non-hydrogen) atoms. The number of benzene rings is 2. The first-order valence-electron chi connectivity index (χ1n) is 9.26. The lowest BCUT2D eigenvalue weighted by Crippen LogP contribution is -2.02. The van der Waals surface area contributed by atoms with Crippen molar-refractivity contribution in [2.24, 2.45) is 0 Å². The second-order valence-electron chi connectivity index (χ2n) is 7.30. The molecule has 5 rings (SSSR count). The van der Waals surface area contributed by atoms with E-state index in [1.807, 2.05) is 12.4 Å². The largest absolute Gasteiger partial charge is 0.361 e. The molecule has 0 aliphatic rings. The van der Waals surface area contributed by atoms with Crippen molar-refractivity contribution in [3.05, 3.63) is 101 Å². The van der Waals surface area contributed by atoms with Crippen LogP contribution in [0.1, 0.15) is 33.7 Å². The summed E-state index contributed by atoms with van der Waals surface area (Å²) in [5.74, 6) is 0.138. The van der Waals surface area contributed by atoms with Crippen molar-refractivity contribution in [3.63, 3.8) is 0 Å². The molecular weight excluding hydrogens is 330 g/mol. The molecule has 0 aliphatic carbocycles. The molecule has 0 atom stereocenters. The van der Waals surface area contributed by atoms with E-state index in [-0.39, 0.29) is 5.92 Å². The Kier molecular flexibility index (Phi) is 3.61. The van der Waals surface area contributed by atoms with Gasteiger partial charge in [0.25, 0.3) is 0 Å². The van der Waals surface area contributed by atoms with Crippen molar-refractivity contribution in [3.8, 4) is 0 Å². The van der Waals surface area contributed by atoms with Gasteiger partial charge in [-0.25, -0.2) is 0 Å². The van der Waals surface area contributed by atoms with Gasteiger partial charge in [0.15, 0.2) is 0 Å². The lowest BCUT2D eigenvalue weighted by Gasteiger charge is -2.17. The fraction of sp³-hybridized carbons (Fsp3) is 0.125. The maximum absolute atomic E-state index is 4.23. The highest BCUT2D eigenvalue weighted by atomic mass is 14.7. The van der Waals surface area contributed by atoms with Crippen LogP contribution in [0.25, 0.3) is 21.8 Å². The quantitative estimate of drug-likeness (QED) is 0.421. The van der Waals surface area contributed by atoms with Gasteiger partial charge in [-0.05, 0) is 66.9 Å². The third-order valence-electron chi connectivity index (χ3n) is 5.40. The summed E-state index contributed by atoms with van der Waals surface area (Å²) in [6.07, 6.45) is 8.07. The maximum atomic E-state index is 4.23. The van der Waals surface area contributed by atoms with E-state index in [2.05, 4.69) is 89.7 Å². The molecule has 0 bridgehead atoms. The molecule has 3 nitrogen and oxygen atoms in total. The number of hydrogen-bond donors (Lipinski definition) is 2. The predicted molar refractivity (Wildman–Crippen MR) is 111 cm³/mol. The minimum Gasteiger partial charge on any atom is -0.361 e. The van der Waals surface area contributed by atoms with Gasteiger partial charge >= 0.3 is 0 Å². The predicted octanol–water partition coefficient (Wildman–Crippen LogP) is 5.84. The van der Waals surface area contributed by atoms with Gasteiger partial charge in [-0.15, -0.1) is 0 Å². The summed E-state index contributed by atoms with van der Waals surface area (Å²) < 4.78 is 0. The van der Waals surface area contributed by atoms with Crippen molar-refractivity contribution in [1.29, 1.82) is 0 Å². The zero-order chi connectivity index (χ0) is 18.4. The van der Waals surface area contributed by atoms with E-state index in [0.717, 1.165) is 0 Å². The van der Waals surface area contributed by atoms with Crippen LogP contribution >= 0.6 is 0 Å². The molecule has 3 heterocycles. The molecule has 0 saturated heterocycles. The van der Waals surface area contributed by atoms with Crippen molar-refractivity contribution in [2.45, 2.75) is 19.8 Å². The van der Waals surface area contributed by atoms with Gasteiger partial charge in [-0.3, -0.25) is 4.98 Å². The lowest BCUT2D eigenvalue weighted by atomic mass is 9.85. The van der Waals surface area contributed by atoms with E-state index in [0.29, 0.717) is 0 Å². The minimum atomic E-state index is 0.138. The van der Waals surface area contributed by atoms with Gasteiger partial charge in [0, 0.05) is 52.5 Å². The maximum Gasteiger partial charge on any atom is 0.0457 e. The SMILES string of the molecule is Cc1ccc2[nH]cc(C(c3ccncc3)c3c[nH]c4ccc(C)cc34)c2c1. The summed E-state index contributed by atoms with van der Waals surface area (Å²) in [6, 6.07) is 17.4. The molecule has 0 spiro atoms. The number of fused-ring (bicyclic) bond motifs is 2. The van der Waals surface area contributed by atoms with Gasteiger partial charge in [0.2, 0.25) is 0 Å². The molecule has 5 aromatic rings. The molecule has 0 radical (unpaired) electrons. The number of aromatic nitrogens is 3. The zero-order valence-corrected chi connectivity index (χ0v) is 15.5. The first kappa shape index (κ1) is 15.9. The monoisotopic (exact) mass is 351 g/mol. The van der Waals surface area contributed by atoms with E-state index >= 15 is 0 Å². The summed E-state index contributed by atoms with van der Waals surface area (Å²) in [5.41, 5.74) is 8.72. The molecule has 2 aromatic carbocycles. The summed E-state index contributed by atoms with van der Waals surface area (Å²) in [4.78, 5) is 11.2. The van der Waals surface area contributed by atoms with Crippen LogP contribution in [-0.2, 0) is 0 Å². The Bertz CT molecular complexity index is 1160. The first-order valence-corrected chi connectivity index (χ1v) is 9.26. The minimum absolute atomic E-state index is 0.138. The van der Waals surface area contributed by atoms with Crippen LogP contribution in [0, 0.1) is 13.8 Å². The third kappa shape index (κ3) is 2.63. The van der Waals surface area contributed by atoms with Crippen LogP contribution in [-0.4, -0.2) is 15.0 Å². The van der Waals surface area contributed by atoms with Crippen molar-refractivity contribution >= 4 is 21.8 Å². The number of H-pyrrole nitrogens is 2. The number of nitrogens with zero attached hydrogens (tertiary/aromatic N) is 1. The van der Waals surface area contributed by atoms with Gasteiger partial charge in [0.05, 0.1) is 0 Å². The summed E-state index contributed by atoms with van der Waals surface area (Å²) in [5, 5.41) is 2.55. The van der Waals surface area contributed by atoms with Crippen LogP contribution < -0.4 is 0 Å². The molecule has 0 saturated carbocycles. The van der Waals surface area contributed by atoms with Crippen LogP contribution in [0.4, 0.5) is 0 Å². The third-order valence-corrected chi connectivity index (χ3v) is 5.40. The fourth-order valence-electron chi connectivity index (χ4n) is 4.07. The van der Waals surface area contributed by atoms with Crippen molar-refractivity contribution in [1.82, 2.24) is 15.0 Å². The Morgan fingerprint density at radius 3 is 1.74 bits per heavy atom. The van der Waals surface area contributed by atoms with E-state index < -0.39 is 0 Å². The molecule has 0 aliphatic heterocycles. The second-order valence-corrected chi connectivity index (χ2v) is 7.30. The van der Waals surface area contributed by atoms with E-state index in [1.165, 1.54) is 49.6 Å². The molecule has 3 aromatic heterocycles. The van der Waals surface area contributed by atoms with Crippen molar-refractivity contribution < 1.29 is 0 Å². The van der Waals surface area contributed by atoms with Crippen LogP contribution in [0.5, 0.6) is 0 Å². The highest BCUT2D eigenvalue weighted by molar-refractivity contribution is 5.89. The van der Waals surface area contributed by atoms with Gasteiger partial charge in [-0.1, -0.05) is 23.3 Å². The number of aryl methyl sites for hydroxylation is 2. The molecule has 0 amide bonds. The van der Waals surface area contributed by atoms with E-state index in [4.69, 9.17) is 0 Å². The zero-order valence-electron chi connectivity index (χ0n) is 15.5. The van der Waals surface area contributed by atoms with E-state index in [1.54, 1.807) is 0 Å². The van der Waals surface area contributed by atoms with Crippen LogP contribution in [0.15, 0.2) is 73.3 Å². The standard InChI is InChI=1S/C24H21N3/c1-15-3-5-22-18(11-15)20(13-26-22)24(17-7-9-25-10-8-17)21-14-27-23-6-4-16(2)12-19(21)23/h3-14,24,26-27H,1-2H3. The number of rotatable bonds is 3. The van der Waals surface area contributed by atoms with Crippen LogP contribution in [0.3, 0.4) is 0 Å². The molecular formula is C24H21N3. The molecule has 2 N–H and O–H groups in total. The van der Waals surface area contributed by atoms with E-state index in [9.17, 15) is 0 Å². The highest BCUT2D eigenvalue weighted by Crippen LogP contribution is 2.39. The Morgan fingerprint density at radius 2 is 1.22 bits per heavy atom. The van der Waals surface area contributed by atoms with Gasteiger partial charge < -0.3 is 9.97 Å². The average Bonchev–Trinajstić information content (AvgIpc) is 3.28. The average molecular weight is 351 g/mol. The number of hydrogen-bond acceptors (Lipinski definition) is 1. The molecule has 0 unspecified atom stereocenters. The summed E-state index contributed by atoms with van der Waals surface area (Å²) >= 11 is 0. The smallest absolute Gasteiger partial charge is 0.0457 e. The number of pyridine rings is 1. The Hall–Kier alpha value is -3.33. The molecule has 0 fully saturated rings. The normalized spacial score (nSPS) is 11.7. The fourth-order valence-corrected chi connectivity index (χ4v) is 4.07. The number of aromatic amines is 2. The summed E-state index contributed by atoms with van der Waals surface area (Å²) in [6.45, 7) is 4.29. The molecule has 132 valence electrons. The topological polar surface area (TPSA) is 44.5 Å². The Balaban J connectivity index is 1.81. The molecule has 3 heteroatoms. The van der Waals surface area contributed by atoms with Gasteiger partial charge in [0.1, 0.15) is 0 Å². The van der Waals surface area contributed by atoms with Crippen molar-refractivity contribution in [2.75, 3.05) is 0 Å². The first-order chi connectivity index (χ1) is 13.2. The van der Waals surface area contributed by atoms with Crippen LogP contribution in [0.2, 0.25) is 0 Å². The van der Waals surface area contributed by atoms with Gasteiger partial charge in [-0.2, -0.15) is 0 Å². The Labute approximate surface area is 158 Å². The highest BCUT2D eigenvalue weighted by Gasteiger charge is 2.23. The Morgan fingerprint density at radius 1 is 0.704 bits per heavy atom. The number of nitrogens with one attached hydrogen (secondary N) is 2. The lowest BCUT2D eigenvalue weighted by molar-refractivity contribution is 0.990.